The molecule has 0 aliphatic heterocycles. The molecule has 0 atom stereocenters. The van der Waals surface area contributed by atoms with Crippen molar-refractivity contribution < 1.29 is 9.53 Å². The average Bonchev–Trinajstić information content (AvgIpc) is 2.46. The highest BCUT2D eigenvalue weighted by Crippen LogP contribution is 2.33. The molecule has 0 aromatic heterocycles. The number of carbonyl (C=O) groups is 1. The smallest absolute Gasteiger partial charge is 0.340 e. The molecule has 2 aromatic rings. The van der Waals surface area contributed by atoms with Crippen LogP contribution in [0.5, 0.6) is 0 Å². The van der Waals surface area contributed by atoms with Crippen LogP contribution in [-0.2, 0) is 4.74 Å². The van der Waals surface area contributed by atoms with Gasteiger partial charge in [0.1, 0.15) is 0 Å². The summed E-state index contributed by atoms with van der Waals surface area (Å²) >= 11 is 12.3. The van der Waals surface area contributed by atoms with Gasteiger partial charge in [-0.05, 0) is 36.8 Å². The molecule has 0 bridgehead atoms. The highest BCUT2D eigenvalue weighted by atomic mass is 35.5. The van der Waals surface area contributed by atoms with E-state index in [1.165, 1.54) is 7.11 Å². The summed E-state index contributed by atoms with van der Waals surface area (Å²) in [5.74, 6) is -0.496. The number of anilines is 3. The summed E-state index contributed by atoms with van der Waals surface area (Å²) in [6, 6.07) is 8.51. The number of hydrogen-bond acceptors (Lipinski definition) is 4. The summed E-state index contributed by atoms with van der Waals surface area (Å²) in [5.41, 5.74) is 8.61. The number of rotatable bonds is 3. The van der Waals surface area contributed by atoms with Crippen LogP contribution in [0.1, 0.15) is 15.9 Å². The van der Waals surface area contributed by atoms with E-state index in [4.69, 9.17) is 28.9 Å². The first-order chi connectivity index (χ1) is 9.93. The largest absolute Gasteiger partial charge is 0.465 e. The number of nitrogens with two attached hydrogens (primary N) is 1. The van der Waals surface area contributed by atoms with Crippen LogP contribution in [0.3, 0.4) is 0 Å². The van der Waals surface area contributed by atoms with E-state index in [1.807, 2.05) is 6.92 Å². The molecule has 6 heteroatoms. The Morgan fingerprint density at radius 1 is 1.19 bits per heavy atom. The average molecular weight is 325 g/mol. The molecule has 0 saturated carbocycles. The number of nitrogen functional groups attached to an aromatic ring is 1. The van der Waals surface area contributed by atoms with Gasteiger partial charge < -0.3 is 15.8 Å². The van der Waals surface area contributed by atoms with E-state index >= 15 is 0 Å². The van der Waals surface area contributed by atoms with Gasteiger partial charge in [0.15, 0.2) is 0 Å². The molecule has 2 aromatic carbocycles. The number of halogens is 2. The van der Waals surface area contributed by atoms with Gasteiger partial charge in [0.25, 0.3) is 0 Å². The monoisotopic (exact) mass is 324 g/mol. The first-order valence-corrected chi connectivity index (χ1v) is 6.89. The normalized spacial score (nSPS) is 10.3. The van der Waals surface area contributed by atoms with Gasteiger partial charge in [-0.1, -0.05) is 29.3 Å². The highest BCUT2D eigenvalue weighted by molar-refractivity contribution is 6.36. The summed E-state index contributed by atoms with van der Waals surface area (Å²) in [5, 5.41) is 4.18. The number of carbonyl (C=O) groups excluding carboxylic acids is 1. The Morgan fingerprint density at radius 2 is 1.90 bits per heavy atom. The summed E-state index contributed by atoms with van der Waals surface area (Å²) in [6.45, 7) is 1.87. The third-order valence-electron chi connectivity index (χ3n) is 3.03. The van der Waals surface area contributed by atoms with Crippen molar-refractivity contribution in [1.82, 2.24) is 0 Å². The molecule has 0 fully saturated rings. The van der Waals surface area contributed by atoms with Crippen molar-refractivity contribution in [3.05, 3.63) is 51.5 Å². The summed E-state index contributed by atoms with van der Waals surface area (Å²) in [7, 11) is 1.30. The fourth-order valence-electron chi connectivity index (χ4n) is 1.85. The molecule has 0 heterocycles. The number of nitrogens with one attached hydrogen (secondary N) is 1. The van der Waals surface area contributed by atoms with Gasteiger partial charge in [0, 0.05) is 5.02 Å². The van der Waals surface area contributed by atoms with Crippen molar-refractivity contribution in [2.45, 2.75) is 6.92 Å². The van der Waals surface area contributed by atoms with E-state index in [0.29, 0.717) is 21.4 Å². The zero-order valence-corrected chi connectivity index (χ0v) is 13.0. The molecule has 3 N–H and O–H groups in total. The van der Waals surface area contributed by atoms with Crippen molar-refractivity contribution in [2.75, 3.05) is 18.2 Å². The van der Waals surface area contributed by atoms with Crippen LogP contribution in [0.15, 0.2) is 30.3 Å². The lowest BCUT2D eigenvalue weighted by Crippen LogP contribution is -2.07. The maximum atomic E-state index is 11.6. The third kappa shape index (κ3) is 3.23. The number of benzene rings is 2. The second-order valence-corrected chi connectivity index (χ2v) is 5.28. The fourth-order valence-corrected chi connectivity index (χ4v) is 2.28. The minimum Gasteiger partial charge on any atom is -0.465 e. The van der Waals surface area contributed by atoms with E-state index in [9.17, 15) is 4.79 Å². The maximum Gasteiger partial charge on any atom is 0.340 e. The van der Waals surface area contributed by atoms with Crippen LogP contribution in [-0.4, -0.2) is 13.1 Å². The van der Waals surface area contributed by atoms with Gasteiger partial charge in [-0.15, -0.1) is 0 Å². The van der Waals surface area contributed by atoms with Gasteiger partial charge >= 0.3 is 5.97 Å². The lowest BCUT2D eigenvalue weighted by Gasteiger charge is -2.14. The van der Waals surface area contributed by atoms with Crippen molar-refractivity contribution in [2.24, 2.45) is 0 Å². The Balaban J connectivity index is 2.41. The number of para-hydroxylation sites is 1. The van der Waals surface area contributed by atoms with E-state index in [-0.39, 0.29) is 11.3 Å². The predicted molar refractivity (Wildman–Crippen MR) is 86.7 cm³/mol. The Labute approximate surface area is 132 Å². The van der Waals surface area contributed by atoms with E-state index in [1.54, 1.807) is 30.3 Å². The van der Waals surface area contributed by atoms with Gasteiger partial charge in [0.2, 0.25) is 0 Å². The molecule has 110 valence electrons. The molecule has 0 unspecified atom stereocenters. The molecule has 0 saturated heterocycles. The SMILES string of the molecule is COC(=O)c1cccc(Nc2cc(Cl)c(C)cc2Cl)c1N. The molecule has 0 spiro atoms. The number of methoxy groups -OCH3 is 1. The topological polar surface area (TPSA) is 64.3 Å². The first kappa shape index (κ1) is 15.5. The van der Waals surface area contributed by atoms with Gasteiger partial charge in [-0.2, -0.15) is 0 Å². The molecule has 4 nitrogen and oxygen atoms in total. The highest BCUT2D eigenvalue weighted by Gasteiger charge is 2.14. The Hall–Kier alpha value is -1.91. The number of esters is 1. The zero-order valence-electron chi connectivity index (χ0n) is 11.5. The lowest BCUT2D eigenvalue weighted by molar-refractivity contribution is 0.0602. The second kappa shape index (κ2) is 6.24. The van der Waals surface area contributed by atoms with Crippen molar-refractivity contribution in [1.29, 1.82) is 0 Å². The molecule has 0 aliphatic carbocycles. The molecular formula is C15H14Cl2N2O2. The Bertz CT molecular complexity index is 702. The van der Waals surface area contributed by atoms with Crippen LogP contribution in [0.2, 0.25) is 10.0 Å². The summed E-state index contributed by atoms with van der Waals surface area (Å²) < 4.78 is 4.69. The molecule has 0 amide bonds. The second-order valence-electron chi connectivity index (χ2n) is 4.46. The maximum absolute atomic E-state index is 11.6. The van der Waals surface area contributed by atoms with E-state index < -0.39 is 5.97 Å². The summed E-state index contributed by atoms with van der Waals surface area (Å²) in [6.07, 6.45) is 0. The molecular weight excluding hydrogens is 311 g/mol. The minimum atomic E-state index is -0.496. The van der Waals surface area contributed by atoms with Gasteiger partial charge in [0.05, 0.1) is 34.8 Å². The minimum absolute atomic E-state index is 0.289. The molecule has 0 radical (unpaired) electrons. The van der Waals surface area contributed by atoms with Crippen LogP contribution >= 0.6 is 23.2 Å². The molecule has 21 heavy (non-hydrogen) atoms. The fraction of sp³-hybridized carbons (Fsp3) is 0.133. The van der Waals surface area contributed by atoms with E-state index in [0.717, 1.165) is 5.56 Å². The quantitative estimate of drug-likeness (QED) is 0.648. The van der Waals surface area contributed by atoms with Gasteiger partial charge in [-0.3, -0.25) is 0 Å². The van der Waals surface area contributed by atoms with E-state index in [2.05, 4.69) is 10.1 Å². The zero-order chi connectivity index (χ0) is 15.6. The van der Waals surface area contributed by atoms with Crippen LogP contribution < -0.4 is 11.1 Å². The number of ether oxygens (including phenoxy) is 1. The number of aryl methyl sites for hydroxylation is 1. The van der Waals surface area contributed by atoms with Crippen LogP contribution in [0.25, 0.3) is 0 Å². The first-order valence-electron chi connectivity index (χ1n) is 6.13. The predicted octanol–water partition coefficient (Wildman–Crippen LogP) is 4.41. The molecule has 0 aliphatic rings. The number of hydrogen-bond donors (Lipinski definition) is 2. The summed E-state index contributed by atoms with van der Waals surface area (Å²) in [4.78, 5) is 11.6. The third-order valence-corrected chi connectivity index (χ3v) is 3.75. The molecule has 2 rings (SSSR count). The Kier molecular flexibility index (Phi) is 4.60. The van der Waals surface area contributed by atoms with Crippen molar-refractivity contribution in [3.8, 4) is 0 Å². The van der Waals surface area contributed by atoms with Crippen LogP contribution in [0.4, 0.5) is 17.1 Å². The van der Waals surface area contributed by atoms with Crippen molar-refractivity contribution >= 4 is 46.2 Å². The van der Waals surface area contributed by atoms with Crippen molar-refractivity contribution in [3.63, 3.8) is 0 Å². The van der Waals surface area contributed by atoms with Crippen LogP contribution in [0, 0.1) is 6.92 Å². The standard InChI is InChI=1S/C15H14Cl2N2O2/c1-8-6-11(17)13(7-10(8)16)19-12-5-3-4-9(14(12)18)15(20)21-2/h3-7,19H,18H2,1-2H3. The lowest BCUT2D eigenvalue weighted by atomic mass is 10.1. The Morgan fingerprint density at radius 3 is 2.57 bits per heavy atom. The van der Waals surface area contributed by atoms with Gasteiger partial charge in [-0.25, -0.2) is 4.79 Å².